The average molecular weight is 593 g/mol. The van der Waals surface area contributed by atoms with E-state index in [1.165, 1.54) is 0 Å². The fourth-order valence-corrected chi connectivity index (χ4v) is 1.07. The minimum absolute atomic E-state index is 0. The van der Waals surface area contributed by atoms with Gasteiger partial charge in [0.25, 0.3) is 0 Å². The summed E-state index contributed by atoms with van der Waals surface area (Å²) in [6.07, 6.45) is 0. The Hall–Kier alpha value is 0.382. The van der Waals surface area contributed by atoms with Gasteiger partial charge in [-0.2, -0.15) is 52.4 Å². The maximum absolute atomic E-state index is 8.65. The van der Waals surface area contributed by atoms with Gasteiger partial charge in [0.2, 0.25) is 0 Å². The van der Waals surface area contributed by atoms with Crippen LogP contribution in [0.4, 0.5) is 0 Å². The first kappa shape index (κ1) is 33.9. The van der Waals surface area contributed by atoms with Gasteiger partial charge in [-0.15, -0.1) is 13.1 Å². The molecular weight excluding hydrogens is 563 g/mol. The summed E-state index contributed by atoms with van der Waals surface area (Å²) in [4.78, 5) is 0. The van der Waals surface area contributed by atoms with Crippen molar-refractivity contribution in [3.05, 3.63) is 32.7 Å². The maximum atomic E-state index is 8.65. The molecular formula is C12H30N8NiO4W-6. The van der Waals surface area contributed by atoms with Crippen LogP contribution in [-0.4, -0.2) is 78.5 Å². The van der Waals surface area contributed by atoms with Crippen LogP contribution in [0.15, 0.2) is 0 Å². The molecule has 0 aromatic carbocycles. The molecule has 164 valence electrons. The van der Waals surface area contributed by atoms with Gasteiger partial charge in [-0.1, -0.05) is 0 Å². The van der Waals surface area contributed by atoms with Crippen molar-refractivity contribution in [2.75, 3.05) is 78.5 Å². The van der Waals surface area contributed by atoms with Crippen LogP contribution in [-0.2, 0) is 40.0 Å². The Morgan fingerprint density at radius 2 is 0.885 bits per heavy atom. The van der Waals surface area contributed by atoms with Crippen LogP contribution in [0.1, 0.15) is 0 Å². The van der Waals surface area contributed by atoms with Gasteiger partial charge >= 0.3 is 47.6 Å². The van der Waals surface area contributed by atoms with Crippen molar-refractivity contribution in [1.29, 1.82) is 0 Å². The van der Waals surface area contributed by atoms with Crippen molar-refractivity contribution in [2.24, 2.45) is 11.5 Å². The Bertz CT molecular complexity index is 288. The molecule has 0 saturated carbocycles. The molecule has 0 radical (unpaired) electrons. The van der Waals surface area contributed by atoms with Gasteiger partial charge in [0.05, 0.1) is 0 Å². The summed E-state index contributed by atoms with van der Waals surface area (Å²) in [5, 5.41) is 16.2. The second-order valence-electron chi connectivity index (χ2n) is 4.17. The van der Waals surface area contributed by atoms with Gasteiger partial charge in [-0.25, -0.2) is 0 Å². The molecule has 12 nitrogen and oxygen atoms in total. The third kappa shape index (κ3) is 64.4. The number of hydrogen-bond donors (Lipinski definition) is 2. The van der Waals surface area contributed by atoms with Crippen LogP contribution in [0.5, 0.6) is 0 Å². The molecule has 0 heterocycles. The molecule has 6 N–H and O–H groups in total. The van der Waals surface area contributed by atoms with Crippen molar-refractivity contribution in [3.8, 4) is 0 Å². The molecule has 0 fully saturated rings. The predicted octanol–water partition coefficient (Wildman–Crippen LogP) is -1.13. The molecule has 0 atom stereocenters. The van der Waals surface area contributed by atoms with Gasteiger partial charge in [0.1, 0.15) is 0 Å². The Morgan fingerprint density at radius 3 is 1.08 bits per heavy atom. The standard InChI is InChI=1S/2C6H15N4.Ni.4O.W/c2*7-1-3-9-5-6-10-4-2-8;;;;;;/h2*7H,1-6,8H2;;;;;;/q2*-3;+2;;;2*-1;. The summed E-state index contributed by atoms with van der Waals surface area (Å²) in [5.41, 5.74) is 24.0. The average Bonchev–Trinajstić information content (AvgIpc) is 2.53. The molecule has 0 amide bonds. The normalized spacial score (nSPS) is 10.1. The first-order valence-corrected chi connectivity index (χ1v) is 12.5. The number of hydrogen-bond acceptors (Lipinski definition) is 6. The van der Waals surface area contributed by atoms with E-state index in [0.29, 0.717) is 39.3 Å². The van der Waals surface area contributed by atoms with E-state index >= 15 is 0 Å². The zero-order valence-electron chi connectivity index (χ0n) is 14.8. The van der Waals surface area contributed by atoms with Crippen LogP contribution in [0.25, 0.3) is 32.7 Å². The van der Waals surface area contributed by atoms with Crippen LogP contribution >= 0.6 is 0 Å². The quantitative estimate of drug-likeness (QED) is 0.187. The van der Waals surface area contributed by atoms with Gasteiger partial charge in [-0.05, 0) is 13.1 Å². The molecule has 0 aromatic rings. The Kier molecular flexibility index (Phi) is 39.3. The summed E-state index contributed by atoms with van der Waals surface area (Å²) in [6.45, 7) is 7.78. The summed E-state index contributed by atoms with van der Waals surface area (Å²) in [5.74, 6) is 0. The number of rotatable bonds is 14. The molecule has 0 aliphatic heterocycles. The number of nitrogens with one attached hydrogen (secondary N) is 2. The van der Waals surface area contributed by atoms with Gasteiger partial charge < -0.3 is 44.2 Å². The SMILES string of the molecule is [NH-]CC[N-]CC[N-]CCN.[NH-]CC[N-]CC[N-]CCN.[Ni+2].[O]=[W](=[O])([O-])[O-]. The molecule has 0 unspecified atom stereocenters. The third-order valence-corrected chi connectivity index (χ3v) is 1.95. The second kappa shape index (κ2) is 30.1. The summed E-state index contributed by atoms with van der Waals surface area (Å²) in [6, 6.07) is 0. The van der Waals surface area contributed by atoms with E-state index in [9.17, 15) is 0 Å². The third-order valence-electron chi connectivity index (χ3n) is 1.95. The van der Waals surface area contributed by atoms with E-state index in [1.807, 2.05) is 0 Å². The van der Waals surface area contributed by atoms with Crippen LogP contribution < -0.4 is 19.0 Å². The molecule has 26 heavy (non-hydrogen) atoms. The second-order valence-corrected chi connectivity index (χ2v) is 7.10. The Labute approximate surface area is 170 Å². The fourth-order valence-electron chi connectivity index (χ4n) is 1.07. The summed E-state index contributed by atoms with van der Waals surface area (Å²) >= 11 is -6.17. The van der Waals surface area contributed by atoms with Crippen molar-refractivity contribution in [3.63, 3.8) is 0 Å². The van der Waals surface area contributed by atoms with Crippen LogP contribution in [0, 0.1) is 0 Å². The molecule has 0 aliphatic rings. The minimum atomic E-state index is -6.17. The van der Waals surface area contributed by atoms with E-state index in [1.54, 1.807) is 0 Å². The van der Waals surface area contributed by atoms with Crippen molar-refractivity contribution in [1.82, 2.24) is 0 Å². The first-order chi connectivity index (χ1) is 11.8. The van der Waals surface area contributed by atoms with Gasteiger partial charge in [0.15, 0.2) is 0 Å². The Morgan fingerprint density at radius 1 is 0.654 bits per heavy atom. The molecule has 0 saturated heterocycles. The van der Waals surface area contributed by atoms with Crippen molar-refractivity contribution < 1.29 is 47.6 Å². The van der Waals surface area contributed by atoms with E-state index in [0.717, 1.165) is 39.3 Å². The molecule has 0 spiro atoms. The van der Waals surface area contributed by atoms with E-state index in [2.05, 4.69) is 21.3 Å². The monoisotopic (exact) mass is 592 g/mol. The number of nitrogens with zero attached hydrogens (tertiary/aromatic N) is 4. The zero-order chi connectivity index (χ0) is 19.8. The summed E-state index contributed by atoms with van der Waals surface area (Å²) < 4.78 is 34.6. The predicted molar refractivity (Wildman–Crippen MR) is 90.2 cm³/mol. The zero-order valence-corrected chi connectivity index (χ0v) is 18.7. The topological polar surface area (TPSA) is 236 Å². The molecule has 0 rings (SSSR count). The molecule has 0 bridgehead atoms. The van der Waals surface area contributed by atoms with E-state index in [-0.39, 0.29) is 16.5 Å². The Balaban J connectivity index is -0.000000145. The summed E-state index contributed by atoms with van der Waals surface area (Å²) in [7, 11) is 0. The molecule has 0 aromatic heterocycles. The number of nitrogens with two attached hydrogens (primary N) is 2. The van der Waals surface area contributed by atoms with Gasteiger partial charge in [0, 0.05) is 0 Å². The van der Waals surface area contributed by atoms with Crippen molar-refractivity contribution >= 4 is 0 Å². The van der Waals surface area contributed by atoms with Gasteiger partial charge in [-0.3, -0.25) is 0 Å². The van der Waals surface area contributed by atoms with Crippen LogP contribution in [0.2, 0.25) is 0 Å². The molecule has 0 aliphatic carbocycles. The van der Waals surface area contributed by atoms with E-state index < -0.39 is 16.7 Å². The molecule has 14 heteroatoms. The fraction of sp³-hybridized carbons (Fsp3) is 1.00. The first-order valence-electron chi connectivity index (χ1n) is 7.72. The van der Waals surface area contributed by atoms with Crippen LogP contribution in [0.3, 0.4) is 0 Å². The van der Waals surface area contributed by atoms with Crippen molar-refractivity contribution in [2.45, 2.75) is 0 Å². The van der Waals surface area contributed by atoms with E-state index in [4.69, 9.17) is 37.2 Å².